The quantitative estimate of drug-likeness (QED) is 0.700. The number of ether oxygens (including phenoxy) is 2. The molecule has 0 aliphatic heterocycles. The monoisotopic (exact) mass is 260 g/mol. The van der Waals surface area contributed by atoms with Gasteiger partial charge in [-0.2, -0.15) is 0 Å². The van der Waals surface area contributed by atoms with Crippen molar-refractivity contribution in [1.29, 1.82) is 0 Å². The van der Waals surface area contributed by atoms with Crippen LogP contribution >= 0.6 is 0 Å². The molecule has 0 spiro atoms. The number of esters is 1. The summed E-state index contributed by atoms with van der Waals surface area (Å²) in [4.78, 5) is 22.2. The first-order valence-electron chi connectivity index (χ1n) is 6.04. The zero-order chi connectivity index (χ0) is 14.2. The number of nitrogens with one attached hydrogen (secondary N) is 1. The Labute approximate surface area is 108 Å². The summed E-state index contributed by atoms with van der Waals surface area (Å²) in [6, 6.07) is -0.140. The fraction of sp³-hybridized carbons (Fsp3) is 0.833. The fourth-order valence-electron chi connectivity index (χ4n) is 1.22. The summed E-state index contributed by atoms with van der Waals surface area (Å²) < 4.78 is 9.58. The van der Waals surface area contributed by atoms with Gasteiger partial charge in [-0.3, -0.25) is 4.79 Å². The van der Waals surface area contributed by atoms with Crippen LogP contribution < -0.4 is 11.1 Å². The normalized spacial score (nSPS) is 12.7. The van der Waals surface area contributed by atoms with E-state index in [0.29, 0.717) is 25.8 Å². The molecule has 0 aromatic carbocycles. The average Bonchev–Trinajstić information content (AvgIpc) is 2.23. The summed E-state index contributed by atoms with van der Waals surface area (Å²) in [7, 11) is 1.35. The molecule has 0 aliphatic rings. The molecule has 0 saturated carbocycles. The van der Waals surface area contributed by atoms with E-state index in [0.717, 1.165) is 0 Å². The molecule has 1 unspecified atom stereocenters. The molecule has 0 heterocycles. The maximum Gasteiger partial charge on any atom is 0.407 e. The van der Waals surface area contributed by atoms with E-state index >= 15 is 0 Å². The SMILES string of the molecule is COC(=O)CCC(N)CCNC(=O)OC(C)(C)C. The number of nitrogens with two attached hydrogens (primary N) is 1. The second-order valence-electron chi connectivity index (χ2n) is 5.09. The number of hydrogen-bond acceptors (Lipinski definition) is 5. The molecule has 0 aromatic rings. The number of alkyl carbamates (subject to hydrolysis) is 1. The van der Waals surface area contributed by atoms with Crippen LogP contribution in [0.2, 0.25) is 0 Å². The van der Waals surface area contributed by atoms with E-state index in [1.54, 1.807) is 20.8 Å². The largest absolute Gasteiger partial charge is 0.469 e. The molecule has 0 fully saturated rings. The Balaban J connectivity index is 3.65. The number of hydrogen-bond donors (Lipinski definition) is 2. The molecule has 0 aliphatic carbocycles. The average molecular weight is 260 g/mol. The summed E-state index contributed by atoms with van der Waals surface area (Å²) in [5, 5.41) is 2.61. The van der Waals surface area contributed by atoms with E-state index in [1.165, 1.54) is 7.11 Å². The van der Waals surface area contributed by atoms with Crippen LogP contribution in [0.5, 0.6) is 0 Å². The Hall–Kier alpha value is -1.30. The molecule has 3 N–H and O–H groups in total. The van der Waals surface area contributed by atoms with E-state index < -0.39 is 11.7 Å². The van der Waals surface area contributed by atoms with Crippen molar-refractivity contribution in [3.8, 4) is 0 Å². The lowest BCUT2D eigenvalue weighted by Crippen LogP contribution is -2.35. The van der Waals surface area contributed by atoms with Crippen LogP contribution in [0.3, 0.4) is 0 Å². The van der Waals surface area contributed by atoms with Crippen LogP contribution in [0.25, 0.3) is 0 Å². The molecule has 1 atom stereocenters. The highest BCUT2D eigenvalue weighted by molar-refractivity contribution is 5.69. The topological polar surface area (TPSA) is 90.6 Å². The summed E-state index contributed by atoms with van der Waals surface area (Å²) in [5.74, 6) is -0.273. The first kappa shape index (κ1) is 16.7. The van der Waals surface area contributed by atoms with E-state index in [-0.39, 0.29) is 12.0 Å². The highest BCUT2D eigenvalue weighted by atomic mass is 16.6. The zero-order valence-corrected chi connectivity index (χ0v) is 11.6. The minimum atomic E-state index is -0.503. The van der Waals surface area contributed by atoms with Crippen molar-refractivity contribution < 1.29 is 19.1 Å². The summed E-state index contributed by atoms with van der Waals surface area (Å²) in [6.07, 6.45) is 0.978. The Morgan fingerprint density at radius 3 is 2.39 bits per heavy atom. The van der Waals surface area contributed by atoms with Gasteiger partial charge in [-0.15, -0.1) is 0 Å². The third kappa shape index (κ3) is 9.89. The third-order valence-corrected chi connectivity index (χ3v) is 2.13. The molecule has 0 radical (unpaired) electrons. The standard InChI is InChI=1S/C12H24N2O4/c1-12(2,3)18-11(16)14-8-7-9(13)5-6-10(15)17-4/h9H,5-8,13H2,1-4H3,(H,14,16). The summed E-state index contributed by atoms with van der Waals surface area (Å²) in [6.45, 7) is 5.83. The van der Waals surface area contributed by atoms with E-state index in [1.807, 2.05) is 0 Å². The lowest BCUT2D eigenvalue weighted by molar-refractivity contribution is -0.140. The molecule has 0 saturated heterocycles. The van der Waals surface area contributed by atoms with Gasteiger partial charge < -0.3 is 20.5 Å². The van der Waals surface area contributed by atoms with E-state index in [4.69, 9.17) is 10.5 Å². The first-order chi connectivity index (χ1) is 8.24. The Kier molecular flexibility index (Phi) is 7.35. The molecule has 6 nitrogen and oxygen atoms in total. The Bertz CT molecular complexity index is 274. The van der Waals surface area contributed by atoms with Gasteiger partial charge in [0.25, 0.3) is 0 Å². The van der Waals surface area contributed by atoms with Gasteiger partial charge in [0.05, 0.1) is 7.11 Å². The second-order valence-corrected chi connectivity index (χ2v) is 5.09. The molecule has 106 valence electrons. The van der Waals surface area contributed by atoms with Crippen molar-refractivity contribution in [2.75, 3.05) is 13.7 Å². The van der Waals surface area contributed by atoms with Gasteiger partial charge >= 0.3 is 12.1 Å². The van der Waals surface area contributed by atoms with Gasteiger partial charge in [-0.1, -0.05) is 0 Å². The van der Waals surface area contributed by atoms with Gasteiger partial charge in [0.1, 0.15) is 5.60 Å². The van der Waals surface area contributed by atoms with E-state index in [2.05, 4.69) is 10.1 Å². The predicted octanol–water partition coefficient (Wildman–Crippen LogP) is 1.18. The molecular formula is C12H24N2O4. The van der Waals surface area contributed by atoms with Crippen molar-refractivity contribution in [3.63, 3.8) is 0 Å². The van der Waals surface area contributed by atoms with Crippen LogP contribution in [-0.2, 0) is 14.3 Å². The first-order valence-corrected chi connectivity index (χ1v) is 6.04. The number of carbonyl (C=O) groups excluding carboxylic acids is 2. The van der Waals surface area contributed by atoms with Crippen molar-refractivity contribution in [2.24, 2.45) is 5.73 Å². The van der Waals surface area contributed by atoms with Crippen LogP contribution in [-0.4, -0.2) is 37.4 Å². The fourth-order valence-corrected chi connectivity index (χ4v) is 1.22. The highest BCUT2D eigenvalue weighted by Gasteiger charge is 2.15. The zero-order valence-electron chi connectivity index (χ0n) is 11.6. The summed E-state index contributed by atoms with van der Waals surface area (Å²) >= 11 is 0. The van der Waals surface area contributed by atoms with Crippen LogP contribution in [0.15, 0.2) is 0 Å². The molecule has 1 amide bonds. The summed E-state index contributed by atoms with van der Waals surface area (Å²) in [5.41, 5.74) is 5.29. The lowest BCUT2D eigenvalue weighted by Gasteiger charge is -2.20. The Morgan fingerprint density at radius 2 is 1.89 bits per heavy atom. The van der Waals surface area contributed by atoms with Gasteiger partial charge in [0, 0.05) is 19.0 Å². The number of carbonyl (C=O) groups is 2. The minimum Gasteiger partial charge on any atom is -0.469 e. The highest BCUT2D eigenvalue weighted by Crippen LogP contribution is 2.06. The smallest absolute Gasteiger partial charge is 0.407 e. The third-order valence-electron chi connectivity index (χ3n) is 2.13. The van der Waals surface area contributed by atoms with Gasteiger partial charge in [-0.05, 0) is 33.6 Å². The molecule has 0 bridgehead atoms. The van der Waals surface area contributed by atoms with Crippen LogP contribution in [0.4, 0.5) is 4.79 Å². The number of methoxy groups -OCH3 is 1. The van der Waals surface area contributed by atoms with Crippen molar-refractivity contribution >= 4 is 12.1 Å². The molecule has 6 heteroatoms. The Morgan fingerprint density at radius 1 is 1.28 bits per heavy atom. The molecule has 18 heavy (non-hydrogen) atoms. The van der Waals surface area contributed by atoms with Crippen molar-refractivity contribution in [3.05, 3.63) is 0 Å². The lowest BCUT2D eigenvalue weighted by atomic mass is 10.1. The molecule has 0 aromatic heterocycles. The van der Waals surface area contributed by atoms with Crippen molar-refractivity contribution in [2.45, 2.75) is 51.7 Å². The van der Waals surface area contributed by atoms with Crippen LogP contribution in [0.1, 0.15) is 40.0 Å². The predicted molar refractivity (Wildman–Crippen MR) is 68.1 cm³/mol. The second kappa shape index (κ2) is 7.92. The van der Waals surface area contributed by atoms with E-state index in [9.17, 15) is 9.59 Å². The van der Waals surface area contributed by atoms with Gasteiger partial charge in [-0.25, -0.2) is 4.79 Å². The number of amides is 1. The minimum absolute atomic E-state index is 0.140. The van der Waals surface area contributed by atoms with Crippen LogP contribution in [0, 0.1) is 0 Å². The molecular weight excluding hydrogens is 236 g/mol. The maximum atomic E-state index is 11.3. The number of rotatable bonds is 6. The van der Waals surface area contributed by atoms with Gasteiger partial charge in [0.15, 0.2) is 0 Å². The molecule has 0 rings (SSSR count). The maximum absolute atomic E-state index is 11.3. The van der Waals surface area contributed by atoms with Crippen molar-refractivity contribution in [1.82, 2.24) is 5.32 Å². The van der Waals surface area contributed by atoms with Gasteiger partial charge in [0.2, 0.25) is 0 Å².